The average Bonchev–Trinajstić information content (AvgIpc) is 3.57. The number of ether oxygens (including phenoxy) is 1. The summed E-state index contributed by atoms with van der Waals surface area (Å²) in [7, 11) is 0. The second-order valence-corrected chi connectivity index (χ2v) is 14.4. The number of carbonyl (C=O) groups excluding carboxylic acids is 4. The zero-order chi connectivity index (χ0) is 36.0. The molecule has 4 fully saturated rings. The van der Waals surface area contributed by atoms with Crippen molar-refractivity contribution in [2.45, 2.75) is 81.7 Å². The van der Waals surface area contributed by atoms with Crippen LogP contribution in [0.2, 0.25) is 0 Å². The van der Waals surface area contributed by atoms with Crippen molar-refractivity contribution in [3.05, 3.63) is 114 Å². The van der Waals surface area contributed by atoms with E-state index in [1.54, 1.807) is 0 Å². The maximum Gasteiger partial charge on any atom is 0.411 e. The average molecular weight is 704 g/mol. The number of amides is 4. The fourth-order valence-electron chi connectivity index (χ4n) is 8.31. The molecule has 5 atom stereocenters. The number of hydrogen-bond acceptors (Lipinski definition) is 6. The highest BCUT2D eigenvalue weighted by Crippen LogP contribution is 2.39. The first-order valence-electron chi connectivity index (χ1n) is 18.8. The molecular formula is C42H49N5O5. The molecule has 7 rings (SSSR count). The van der Waals surface area contributed by atoms with Crippen molar-refractivity contribution in [3.8, 4) is 0 Å². The standard InChI is InChI=1S/C42H49N5O5/c1-30(32-16-8-3-9-17-32)43-40(49)36(28-38(48)45-26-22-34(23-27-45)44-24-12-5-13-25-44)46-35(21-20-31-14-6-2-7-15-31)39(41(46)50)47-37(29-52-42(47)51)33-18-10-4-11-19-33/h2-4,6-11,14-21,30,34-37,39H,5,12-13,22-29H2,1H3,(H,43,49)/b21-20+/t30-,35-,36-,37?,39+/m1/s1. The summed E-state index contributed by atoms with van der Waals surface area (Å²) in [4.78, 5) is 63.8. The Hall–Kier alpha value is -4.96. The maximum atomic E-state index is 14.5. The van der Waals surface area contributed by atoms with Crippen LogP contribution in [0.25, 0.3) is 6.08 Å². The number of rotatable bonds is 11. The molecule has 0 aliphatic carbocycles. The third-order valence-corrected chi connectivity index (χ3v) is 11.2. The van der Waals surface area contributed by atoms with Crippen LogP contribution in [0.4, 0.5) is 4.79 Å². The highest BCUT2D eigenvalue weighted by atomic mass is 16.6. The lowest BCUT2D eigenvalue weighted by atomic mass is 9.87. The van der Waals surface area contributed by atoms with Crippen LogP contribution in [-0.4, -0.2) is 100 Å². The smallest absolute Gasteiger partial charge is 0.411 e. The van der Waals surface area contributed by atoms with Gasteiger partial charge in [0.05, 0.1) is 24.5 Å². The van der Waals surface area contributed by atoms with Gasteiger partial charge in [0.2, 0.25) is 17.7 Å². The number of β-lactam (4-membered cyclic amide) rings is 1. The highest BCUT2D eigenvalue weighted by Gasteiger charge is 2.58. The monoisotopic (exact) mass is 703 g/mol. The second kappa shape index (κ2) is 16.2. The summed E-state index contributed by atoms with van der Waals surface area (Å²) in [5.41, 5.74) is 2.69. The number of piperidine rings is 2. The van der Waals surface area contributed by atoms with Crippen molar-refractivity contribution < 1.29 is 23.9 Å². The summed E-state index contributed by atoms with van der Waals surface area (Å²) in [5.74, 6) is -0.928. The summed E-state index contributed by atoms with van der Waals surface area (Å²) in [6.45, 7) is 5.50. The molecule has 0 aromatic heterocycles. The predicted octanol–water partition coefficient (Wildman–Crippen LogP) is 5.59. The lowest BCUT2D eigenvalue weighted by Gasteiger charge is -2.52. The van der Waals surface area contributed by atoms with Gasteiger partial charge in [0.25, 0.3) is 0 Å². The quantitative estimate of drug-likeness (QED) is 0.262. The van der Waals surface area contributed by atoms with Crippen molar-refractivity contribution >= 4 is 29.9 Å². The summed E-state index contributed by atoms with van der Waals surface area (Å²) < 4.78 is 5.54. The zero-order valence-corrected chi connectivity index (χ0v) is 29.9. The van der Waals surface area contributed by atoms with Crippen LogP contribution < -0.4 is 5.32 Å². The van der Waals surface area contributed by atoms with Crippen LogP contribution in [0.5, 0.6) is 0 Å². The van der Waals surface area contributed by atoms with Gasteiger partial charge in [-0.05, 0) is 62.4 Å². The Bertz CT molecular complexity index is 1720. The lowest BCUT2D eigenvalue weighted by molar-refractivity contribution is -0.164. The van der Waals surface area contributed by atoms with Gasteiger partial charge in [0.1, 0.15) is 18.7 Å². The van der Waals surface area contributed by atoms with Crippen LogP contribution in [0.3, 0.4) is 0 Å². The van der Waals surface area contributed by atoms with E-state index in [4.69, 9.17) is 4.74 Å². The molecule has 4 heterocycles. The molecule has 272 valence electrons. The molecule has 0 spiro atoms. The van der Waals surface area contributed by atoms with Crippen molar-refractivity contribution in [2.24, 2.45) is 0 Å². The third kappa shape index (κ3) is 7.62. The Morgan fingerprint density at radius 3 is 2.15 bits per heavy atom. The number of nitrogens with one attached hydrogen (secondary N) is 1. The van der Waals surface area contributed by atoms with Gasteiger partial charge >= 0.3 is 6.09 Å². The van der Waals surface area contributed by atoms with E-state index >= 15 is 0 Å². The van der Waals surface area contributed by atoms with E-state index in [0.717, 1.165) is 42.6 Å². The number of cyclic esters (lactones) is 1. The van der Waals surface area contributed by atoms with Crippen LogP contribution in [0, 0.1) is 0 Å². The topological polar surface area (TPSA) is 103 Å². The molecule has 4 aliphatic rings. The van der Waals surface area contributed by atoms with Crippen molar-refractivity contribution in [1.82, 2.24) is 24.9 Å². The second-order valence-electron chi connectivity index (χ2n) is 14.4. The number of hydrogen-bond donors (Lipinski definition) is 1. The van der Waals surface area contributed by atoms with Gasteiger partial charge < -0.3 is 24.8 Å². The van der Waals surface area contributed by atoms with Gasteiger partial charge in [-0.3, -0.25) is 19.3 Å². The molecule has 10 nitrogen and oxygen atoms in total. The Morgan fingerprint density at radius 1 is 0.846 bits per heavy atom. The molecule has 4 saturated heterocycles. The van der Waals surface area contributed by atoms with E-state index in [2.05, 4.69) is 10.2 Å². The summed E-state index contributed by atoms with van der Waals surface area (Å²) >= 11 is 0. The zero-order valence-electron chi connectivity index (χ0n) is 29.9. The van der Waals surface area contributed by atoms with Gasteiger partial charge in [0.15, 0.2) is 0 Å². The molecule has 10 heteroatoms. The minimum atomic E-state index is -1.08. The van der Waals surface area contributed by atoms with Crippen LogP contribution in [-0.2, 0) is 19.1 Å². The molecule has 52 heavy (non-hydrogen) atoms. The largest absolute Gasteiger partial charge is 0.447 e. The molecule has 4 amide bonds. The first-order valence-corrected chi connectivity index (χ1v) is 18.8. The van der Waals surface area contributed by atoms with E-state index in [1.165, 1.54) is 29.1 Å². The molecule has 4 aliphatic heterocycles. The molecular weight excluding hydrogens is 654 g/mol. The first-order chi connectivity index (χ1) is 25.4. The normalized spacial score (nSPS) is 24.0. The lowest BCUT2D eigenvalue weighted by Crippen LogP contribution is -2.74. The first kappa shape index (κ1) is 35.4. The molecule has 0 radical (unpaired) electrons. The number of likely N-dealkylation sites (tertiary alicyclic amines) is 3. The number of carbonyl (C=O) groups is 4. The minimum absolute atomic E-state index is 0.117. The van der Waals surface area contributed by atoms with Crippen molar-refractivity contribution in [3.63, 3.8) is 0 Å². The van der Waals surface area contributed by atoms with Gasteiger partial charge in [-0.15, -0.1) is 0 Å². The Balaban J connectivity index is 1.17. The molecule has 0 saturated carbocycles. The predicted molar refractivity (Wildman–Crippen MR) is 199 cm³/mol. The Kier molecular flexibility index (Phi) is 11.0. The SMILES string of the molecule is C[C@@H](NC(=O)[C@@H](CC(=O)N1CCC(N2CCCCC2)CC1)N1C(=O)[C@@H](N2C(=O)OCC2c2ccccc2)[C@H]1/C=C/c1ccccc1)c1ccccc1. The number of benzene rings is 3. The van der Waals surface area contributed by atoms with E-state index in [-0.39, 0.29) is 30.9 Å². The van der Waals surface area contributed by atoms with E-state index < -0.39 is 36.2 Å². The molecule has 1 unspecified atom stereocenters. The Morgan fingerprint density at radius 2 is 1.48 bits per heavy atom. The Labute approximate surface area is 306 Å². The van der Waals surface area contributed by atoms with Crippen LogP contribution in [0.1, 0.15) is 74.2 Å². The third-order valence-electron chi connectivity index (χ3n) is 11.2. The van der Waals surface area contributed by atoms with Gasteiger partial charge in [0, 0.05) is 19.1 Å². The van der Waals surface area contributed by atoms with E-state index in [0.29, 0.717) is 19.1 Å². The summed E-state index contributed by atoms with van der Waals surface area (Å²) in [6, 6.07) is 25.9. The minimum Gasteiger partial charge on any atom is -0.447 e. The fraction of sp³-hybridized carbons (Fsp3) is 0.429. The van der Waals surface area contributed by atoms with E-state index in [1.807, 2.05) is 115 Å². The maximum absolute atomic E-state index is 14.5. The summed E-state index contributed by atoms with van der Waals surface area (Å²) in [6.07, 6.45) is 8.60. The molecule has 1 N–H and O–H groups in total. The number of nitrogens with zero attached hydrogens (tertiary/aromatic N) is 4. The highest BCUT2D eigenvalue weighted by molar-refractivity contribution is 5.99. The van der Waals surface area contributed by atoms with Crippen molar-refractivity contribution in [1.29, 1.82) is 0 Å². The molecule has 3 aromatic carbocycles. The van der Waals surface area contributed by atoms with E-state index in [9.17, 15) is 19.2 Å². The van der Waals surface area contributed by atoms with Gasteiger partial charge in [-0.1, -0.05) is 110 Å². The van der Waals surface area contributed by atoms with Gasteiger partial charge in [-0.25, -0.2) is 4.79 Å². The van der Waals surface area contributed by atoms with Crippen LogP contribution >= 0.6 is 0 Å². The van der Waals surface area contributed by atoms with Crippen LogP contribution in [0.15, 0.2) is 97.1 Å². The summed E-state index contributed by atoms with van der Waals surface area (Å²) in [5, 5.41) is 3.11. The molecule has 3 aromatic rings. The molecule has 0 bridgehead atoms. The van der Waals surface area contributed by atoms with Crippen molar-refractivity contribution in [2.75, 3.05) is 32.8 Å². The fourth-order valence-corrected chi connectivity index (χ4v) is 8.31. The van der Waals surface area contributed by atoms with Gasteiger partial charge in [-0.2, -0.15) is 0 Å².